The highest BCUT2D eigenvalue weighted by Crippen LogP contribution is 2.42. The zero-order valence-electron chi connectivity index (χ0n) is 32.4. The summed E-state index contributed by atoms with van der Waals surface area (Å²) in [6, 6.07) is 60.8. The molecule has 0 saturated carbocycles. The fourth-order valence-corrected chi connectivity index (χ4v) is 9.08. The summed E-state index contributed by atoms with van der Waals surface area (Å²) in [6.45, 7) is 0. The van der Waals surface area contributed by atoms with E-state index in [0.717, 1.165) is 99.3 Å². The Morgan fingerprint density at radius 3 is 1.69 bits per heavy atom. The van der Waals surface area contributed by atoms with Gasteiger partial charge in [0.05, 0.1) is 45.8 Å². The van der Waals surface area contributed by atoms with E-state index in [9.17, 15) is 0 Å². The molecule has 0 saturated heterocycles. The van der Waals surface area contributed by atoms with Gasteiger partial charge in [0.25, 0.3) is 0 Å². The average Bonchev–Trinajstić information content (AvgIpc) is 3.99. The van der Waals surface area contributed by atoms with Crippen LogP contribution in [-0.2, 0) is 0 Å². The Balaban J connectivity index is 1.06. The van der Waals surface area contributed by atoms with E-state index in [2.05, 4.69) is 124 Å². The third kappa shape index (κ3) is 5.15. The third-order valence-electron chi connectivity index (χ3n) is 11.8. The summed E-state index contributed by atoms with van der Waals surface area (Å²) in [5.41, 5.74) is 12.7. The van der Waals surface area contributed by atoms with Gasteiger partial charge >= 0.3 is 0 Å². The predicted molar refractivity (Wildman–Crippen MR) is 245 cm³/mol. The predicted octanol–water partition coefficient (Wildman–Crippen LogP) is 12.9. The number of hydrogen-bond acceptors (Lipinski definition) is 6. The van der Waals surface area contributed by atoms with Crippen LogP contribution in [0.3, 0.4) is 0 Å². The van der Waals surface area contributed by atoms with Crippen LogP contribution >= 0.6 is 0 Å². The van der Waals surface area contributed by atoms with E-state index in [1.807, 2.05) is 66.9 Å². The topological polar surface area (TPSA) is 87.5 Å². The molecule has 0 bridgehead atoms. The summed E-state index contributed by atoms with van der Waals surface area (Å²) in [6.07, 6.45) is 3.59. The Hall–Kier alpha value is -8.49. The lowest BCUT2D eigenvalue weighted by Crippen LogP contribution is -2.03. The van der Waals surface area contributed by atoms with Crippen molar-refractivity contribution in [2.24, 2.45) is 0 Å². The van der Waals surface area contributed by atoms with Crippen LogP contribution in [0.25, 0.3) is 122 Å². The van der Waals surface area contributed by atoms with Crippen LogP contribution in [0, 0.1) is 0 Å². The SMILES string of the molecule is c1ccc(-c2cc(-c3ncc4ncc(-n5c6ccccc6c6ccc7c8ccccc8n(-c8ccc9oc%10ccccc%10c9c8)c7c65)nc4n3)cc(-c3ccccc3)n2)cc1. The number of rotatable bonds is 5. The van der Waals surface area contributed by atoms with Gasteiger partial charge in [0.1, 0.15) is 16.7 Å². The molecule has 0 amide bonds. The first-order valence-electron chi connectivity index (χ1n) is 20.2. The lowest BCUT2D eigenvalue weighted by molar-refractivity contribution is 0.669. The standard InChI is InChI=1S/C53H31N7O/c1-3-13-32(14-4-1)42-27-34(28-43(56-42)33-15-5-2-6-16-33)52-55-30-44-53(58-52)57-49(31-54-44)60-46-21-11-8-18-37(46)40-25-24-39-36-17-7-10-20-45(36)59(50(39)51(40)60)35-23-26-48-41(29-35)38-19-9-12-22-47(38)61-48/h1-31H. The molecule has 0 radical (unpaired) electrons. The minimum absolute atomic E-state index is 0.498. The summed E-state index contributed by atoms with van der Waals surface area (Å²) in [7, 11) is 0. The van der Waals surface area contributed by atoms with Crippen molar-refractivity contribution in [3.63, 3.8) is 0 Å². The summed E-state index contributed by atoms with van der Waals surface area (Å²) in [4.78, 5) is 25.3. The number of furan rings is 1. The number of pyridine rings is 1. The van der Waals surface area contributed by atoms with E-state index in [0.29, 0.717) is 22.8 Å². The van der Waals surface area contributed by atoms with Crippen molar-refractivity contribution < 1.29 is 4.42 Å². The maximum Gasteiger partial charge on any atom is 0.184 e. The average molecular weight is 782 g/mol. The Labute approximate surface area is 347 Å². The van der Waals surface area contributed by atoms with Crippen molar-refractivity contribution in [1.82, 2.24) is 34.1 Å². The highest BCUT2D eigenvalue weighted by Gasteiger charge is 2.23. The maximum atomic E-state index is 6.27. The van der Waals surface area contributed by atoms with Crippen LogP contribution in [0.15, 0.2) is 193 Å². The van der Waals surface area contributed by atoms with E-state index in [1.165, 1.54) is 0 Å². The van der Waals surface area contributed by atoms with Gasteiger partial charge in [0, 0.05) is 54.7 Å². The number of fused-ring (bicyclic) bond motifs is 11. The molecule has 7 aromatic carbocycles. The van der Waals surface area contributed by atoms with E-state index < -0.39 is 0 Å². The molecule has 8 nitrogen and oxygen atoms in total. The number of hydrogen-bond donors (Lipinski definition) is 0. The molecule has 13 rings (SSSR count). The Kier molecular flexibility index (Phi) is 7.14. The molecule has 6 aromatic heterocycles. The maximum absolute atomic E-state index is 6.27. The minimum Gasteiger partial charge on any atom is -0.456 e. The molecule has 0 unspecified atom stereocenters. The zero-order chi connectivity index (χ0) is 40.0. The summed E-state index contributed by atoms with van der Waals surface area (Å²) >= 11 is 0. The molecule has 0 atom stereocenters. The third-order valence-corrected chi connectivity index (χ3v) is 11.8. The molecular weight excluding hydrogens is 751 g/mol. The Morgan fingerprint density at radius 2 is 0.984 bits per heavy atom. The highest BCUT2D eigenvalue weighted by atomic mass is 16.3. The first-order chi connectivity index (χ1) is 30.2. The second-order valence-electron chi connectivity index (χ2n) is 15.3. The normalized spacial score (nSPS) is 11.9. The van der Waals surface area contributed by atoms with E-state index in [-0.39, 0.29) is 0 Å². The van der Waals surface area contributed by atoms with Crippen molar-refractivity contribution in [1.29, 1.82) is 0 Å². The lowest BCUT2D eigenvalue weighted by Gasteiger charge is -2.12. The van der Waals surface area contributed by atoms with Gasteiger partial charge in [-0.2, -0.15) is 0 Å². The summed E-state index contributed by atoms with van der Waals surface area (Å²) in [5.74, 6) is 1.20. The van der Waals surface area contributed by atoms with Gasteiger partial charge in [-0.15, -0.1) is 0 Å². The van der Waals surface area contributed by atoms with Crippen molar-refractivity contribution in [3.05, 3.63) is 188 Å². The molecule has 6 heterocycles. The number of benzene rings is 7. The molecule has 13 aromatic rings. The van der Waals surface area contributed by atoms with Crippen molar-refractivity contribution >= 4 is 76.7 Å². The van der Waals surface area contributed by atoms with Gasteiger partial charge in [-0.05, 0) is 48.5 Å². The zero-order valence-corrected chi connectivity index (χ0v) is 32.4. The van der Waals surface area contributed by atoms with Crippen molar-refractivity contribution in [3.8, 4) is 45.4 Å². The lowest BCUT2D eigenvalue weighted by atomic mass is 10.0. The summed E-state index contributed by atoms with van der Waals surface area (Å²) < 4.78 is 10.9. The molecule has 0 spiro atoms. The van der Waals surface area contributed by atoms with Crippen molar-refractivity contribution in [2.45, 2.75) is 0 Å². The van der Waals surface area contributed by atoms with Crippen LogP contribution in [0.2, 0.25) is 0 Å². The number of aromatic nitrogens is 7. The molecule has 0 aliphatic carbocycles. The summed E-state index contributed by atoms with van der Waals surface area (Å²) in [5, 5.41) is 6.71. The first-order valence-corrected chi connectivity index (χ1v) is 20.2. The molecular formula is C53H31N7O. The number of nitrogens with zero attached hydrogens (tertiary/aromatic N) is 7. The van der Waals surface area contributed by atoms with Crippen molar-refractivity contribution in [2.75, 3.05) is 0 Å². The van der Waals surface area contributed by atoms with Crippen LogP contribution < -0.4 is 0 Å². The van der Waals surface area contributed by atoms with Gasteiger partial charge in [0.15, 0.2) is 17.3 Å². The van der Waals surface area contributed by atoms with Gasteiger partial charge in [-0.3, -0.25) is 4.57 Å². The molecule has 284 valence electrons. The van der Waals surface area contributed by atoms with Crippen LogP contribution in [0.1, 0.15) is 0 Å². The fraction of sp³-hybridized carbons (Fsp3) is 0. The van der Waals surface area contributed by atoms with Gasteiger partial charge < -0.3 is 8.98 Å². The second-order valence-corrected chi connectivity index (χ2v) is 15.3. The minimum atomic E-state index is 0.498. The number of para-hydroxylation sites is 3. The first kappa shape index (κ1) is 33.5. The van der Waals surface area contributed by atoms with E-state index in [1.54, 1.807) is 6.20 Å². The molecule has 0 aliphatic rings. The quantitative estimate of drug-likeness (QED) is 0.173. The van der Waals surface area contributed by atoms with Gasteiger partial charge in [-0.1, -0.05) is 127 Å². The van der Waals surface area contributed by atoms with E-state index in [4.69, 9.17) is 29.3 Å². The largest absolute Gasteiger partial charge is 0.456 e. The van der Waals surface area contributed by atoms with Crippen LogP contribution in [0.4, 0.5) is 0 Å². The van der Waals surface area contributed by atoms with Gasteiger partial charge in [0.2, 0.25) is 0 Å². The smallest absolute Gasteiger partial charge is 0.184 e. The molecule has 0 aliphatic heterocycles. The van der Waals surface area contributed by atoms with Crippen LogP contribution in [-0.4, -0.2) is 34.1 Å². The molecule has 0 fully saturated rings. The van der Waals surface area contributed by atoms with Gasteiger partial charge in [-0.25, -0.2) is 24.9 Å². The monoisotopic (exact) mass is 781 g/mol. The Bertz CT molecular complexity index is 3830. The second kappa shape index (κ2) is 13.0. The highest BCUT2D eigenvalue weighted by molar-refractivity contribution is 6.24. The van der Waals surface area contributed by atoms with Crippen LogP contribution in [0.5, 0.6) is 0 Å². The Morgan fingerprint density at radius 1 is 0.393 bits per heavy atom. The van der Waals surface area contributed by atoms with E-state index >= 15 is 0 Å². The molecule has 8 heteroatoms. The molecule has 61 heavy (non-hydrogen) atoms. The fourth-order valence-electron chi connectivity index (χ4n) is 9.08. The molecule has 0 N–H and O–H groups in total.